The first kappa shape index (κ1) is 15.9. The molecule has 114 valence electrons. The van der Waals surface area contributed by atoms with Gasteiger partial charge in [-0.05, 0) is 49.3 Å². The maximum atomic E-state index is 12.4. The molecule has 0 atom stereocenters. The van der Waals surface area contributed by atoms with Crippen LogP contribution in [0.2, 0.25) is 0 Å². The zero-order valence-corrected chi connectivity index (χ0v) is 13.3. The molecular weight excluding hydrogens is 306 g/mol. The highest BCUT2D eigenvalue weighted by atomic mass is 32.2. The van der Waals surface area contributed by atoms with Gasteiger partial charge in [-0.1, -0.05) is 6.08 Å². The first-order chi connectivity index (χ1) is 10.0. The molecule has 7 heteroatoms. The molecule has 1 saturated heterocycles. The molecule has 0 radical (unpaired) electrons. The van der Waals surface area contributed by atoms with Gasteiger partial charge in [-0.15, -0.1) is 6.58 Å². The monoisotopic (exact) mass is 325 g/mol. The fraction of sp³-hybridized carbons (Fsp3) is 0.357. The van der Waals surface area contributed by atoms with Gasteiger partial charge in [-0.3, -0.25) is 0 Å². The molecule has 0 aromatic heterocycles. The van der Waals surface area contributed by atoms with Crippen molar-refractivity contribution in [1.82, 2.24) is 9.62 Å². The average molecular weight is 325 g/mol. The van der Waals surface area contributed by atoms with Crippen LogP contribution in [0.5, 0.6) is 0 Å². The van der Waals surface area contributed by atoms with Gasteiger partial charge < -0.3 is 10.6 Å². The molecule has 5 nitrogen and oxygen atoms in total. The quantitative estimate of drug-likeness (QED) is 0.640. The molecule has 2 rings (SSSR count). The number of anilines is 1. The third kappa shape index (κ3) is 4.03. The molecular formula is C14H19N3O2S2. The van der Waals surface area contributed by atoms with Crippen LogP contribution < -0.4 is 10.6 Å². The molecule has 21 heavy (non-hydrogen) atoms. The van der Waals surface area contributed by atoms with Gasteiger partial charge in [0, 0.05) is 25.3 Å². The summed E-state index contributed by atoms with van der Waals surface area (Å²) in [7, 11) is -3.35. The predicted octanol–water partition coefficient (Wildman–Crippen LogP) is 1.94. The summed E-state index contributed by atoms with van der Waals surface area (Å²) in [5, 5.41) is 6.41. The standard InChI is InChI=1S/C14H19N3O2S2/c1-2-9-15-14(20)16-12-5-7-13(8-6-12)21(18,19)17-10-3-4-11-17/h2,5-8H,1,3-4,9-11H2,(H2,15,16,20). The van der Waals surface area contributed by atoms with E-state index in [1.54, 1.807) is 30.3 Å². The summed E-state index contributed by atoms with van der Waals surface area (Å²) in [6.07, 6.45) is 3.57. The predicted molar refractivity (Wildman–Crippen MR) is 88.9 cm³/mol. The van der Waals surface area contributed by atoms with E-state index < -0.39 is 10.0 Å². The van der Waals surface area contributed by atoms with Crippen LogP contribution in [0.1, 0.15) is 12.8 Å². The molecule has 0 aliphatic carbocycles. The van der Waals surface area contributed by atoms with Crippen LogP contribution in [0, 0.1) is 0 Å². The molecule has 0 saturated carbocycles. The SMILES string of the molecule is C=CCNC(=S)Nc1ccc(S(=O)(=O)N2CCCC2)cc1. The van der Waals surface area contributed by atoms with Crippen molar-refractivity contribution in [3.8, 4) is 0 Å². The van der Waals surface area contributed by atoms with Gasteiger partial charge in [-0.2, -0.15) is 4.31 Å². The van der Waals surface area contributed by atoms with E-state index in [2.05, 4.69) is 17.2 Å². The van der Waals surface area contributed by atoms with Gasteiger partial charge in [0.05, 0.1) is 4.90 Å². The largest absolute Gasteiger partial charge is 0.359 e. The van der Waals surface area contributed by atoms with E-state index in [-0.39, 0.29) is 0 Å². The number of thiocarbonyl (C=S) groups is 1. The van der Waals surface area contributed by atoms with E-state index in [1.165, 1.54) is 4.31 Å². The third-order valence-electron chi connectivity index (χ3n) is 3.22. The average Bonchev–Trinajstić information content (AvgIpc) is 3.00. The topological polar surface area (TPSA) is 61.4 Å². The molecule has 1 aliphatic heterocycles. The van der Waals surface area contributed by atoms with Crippen LogP contribution in [0.25, 0.3) is 0 Å². The summed E-state index contributed by atoms with van der Waals surface area (Å²) in [6, 6.07) is 6.63. The number of hydrogen-bond donors (Lipinski definition) is 2. The fourth-order valence-electron chi connectivity index (χ4n) is 2.13. The Morgan fingerprint density at radius 3 is 2.48 bits per heavy atom. The first-order valence-corrected chi connectivity index (χ1v) is 8.65. The normalized spacial score (nSPS) is 15.6. The van der Waals surface area contributed by atoms with E-state index in [0.29, 0.717) is 29.6 Å². The lowest BCUT2D eigenvalue weighted by Gasteiger charge is -2.16. The van der Waals surface area contributed by atoms with Crippen molar-refractivity contribution in [3.05, 3.63) is 36.9 Å². The maximum Gasteiger partial charge on any atom is 0.243 e. The van der Waals surface area contributed by atoms with Crippen LogP contribution in [-0.4, -0.2) is 37.5 Å². The highest BCUT2D eigenvalue weighted by molar-refractivity contribution is 7.89. The van der Waals surface area contributed by atoms with Crippen LogP contribution in [-0.2, 0) is 10.0 Å². The van der Waals surface area contributed by atoms with E-state index >= 15 is 0 Å². The summed E-state index contributed by atoms with van der Waals surface area (Å²) in [4.78, 5) is 0.319. The summed E-state index contributed by atoms with van der Waals surface area (Å²) in [6.45, 7) is 5.39. The Morgan fingerprint density at radius 2 is 1.90 bits per heavy atom. The summed E-state index contributed by atoms with van der Waals surface area (Å²) >= 11 is 5.10. The Kier molecular flexibility index (Phi) is 5.33. The summed E-state index contributed by atoms with van der Waals surface area (Å²) in [5.41, 5.74) is 0.747. The molecule has 0 spiro atoms. The summed E-state index contributed by atoms with van der Waals surface area (Å²) < 4.78 is 26.3. The zero-order chi connectivity index (χ0) is 15.3. The smallest absolute Gasteiger partial charge is 0.243 e. The van der Waals surface area contributed by atoms with Gasteiger partial charge in [-0.25, -0.2) is 8.42 Å². The third-order valence-corrected chi connectivity index (χ3v) is 5.38. The molecule has 1 aromatic carbocycles. The molecule has 0 bridgehead atoms. The van der Waals surface area contributed by atoms with E-state index in [9.17, 15) is 8.42 Å². The highest BCUT2D eigenvalue weighted by Crippen LogP contribution is 2.22. The Morgan fingerprint density at radius 1 is 1.29 bits per heavy atom. The number of hydrogen-bond acceptors (Lipinski definition) is 3. The Bertz CT molecular complexity index is 606. The Labute approximate surface area is 131 Å². The first-order valence-electron chi connectivity index (χ1n) is 6.80. The molecule has 0 unspecified atom stereocenters. The van der Waals surface area contributed by atoms with E-state index in [1.807, 2.05) is 0 Å². The summed E-state index contributed by atoms with van der Waals surface area (Å²) in [5.74, 6) is 0. The van der Waals surface area contributed by atoms with Crippen LogP contribution >= 0.6 is 12.2 Å². The highest BCUT2D eigenvalue weighted by Gasteiger charge is 2.26. The minimum Gasteiger partial charge on any atom is -0.359 e. The second-order valence-electron chi connectivity index (χ2n) is 4.76. The maximum absolute atomic E-state index is 12.4. The molecule has 1 fully saturated rings. The Hall–Kier alpha value is -1.44. The molecule has 0 amide bonds. The lowest BCUT2D eigenvalue weighted by molar-refractivity contribution is 0.477. The second-order valence-corrected chi connectivity index (χ2v) is 7.11. The Balaban J connectivity index is 2.04. The van der Waals surface area contributed by atoms with Crippen LogP contribution in [0.3, 0.4) is 0 Å². The minimum atomic E-state index is -3.35. The lowest BCUT2D eigenvalue weighted by atomic mass is 10.3. The lowest BCUT2D eigenvalue weighted by Crippen LogP contribution is -2.29. The number of benzene rings is 1. The minimum absolute atomic E-state index is 0.319. The van der Waals surface area contributed by atoms with Crippen molar-refractivity contribution in [2.24, 2.45) is 0 Å². The number of rotatable bonds is 5. The molecule has 1 aliphatic rings. The van der Waals surface area contributed by atoms with Gasteiger partial charge >= 0.3 is 0 Å². The molecule has 1 aromatic rings. The van der Waals surface area contributed by atoms with Gasteiger partial charge in [0.25, 0.3) is 0 Å². The van der Waals surface area contributed by atoms with E-state index in [4.69, 9.17) is 12.2 Å². The number of sulfonamides is 1. The van der Waals surface area contributed by atoms with Crippen molar-refractivity contribution in [1.29, 1.82) is 0 Å². The number of nitrogens with zero attached hydrogens (tertiary/aromatic N) is 1. The number of nitrogens with one attached hydrogen (secondary N) is 2. The van der Waals surface area contributed by atoms with Crippen molar-refractivity contribution < 1.29 is 8.42 Å². The zero-order valence-electron chi connectivity index (χ0n) is 11.7. The van der Waals surface area contributed by atoms with Crippen molar-refractivity contribution in [2.45, 2.75) is 17.7 Å². The molecule has 2 N–H and O–H groups in total. The van der Waals surface area contributed by atoms with Gasteiger partial charge in [0.15, 0.2) is 5.11 Å². The van der Waals surface area contributed by atoms with Gasteiger partial charge in [0.1, 0.15) is 0 Å². The van der Waals surface area contributed by atoms with Crippen LogP contribution in [0.4, 0.5) is 5.69 Å². The van der Waals surface area contributed by atoms with E-state index in [0.717, 1.165) is 18.5 Å². The fourth-order valence-corrected chi connectivity index (χ4v) is 3.85. The van der Waals surface area contributed by atoms with Crippen molar-refractivity contribution in [3.63, 3.8) is 0 Å². The van der Waals surface area contributed by atoms with Crippen LogP contribution in [0.15, 0.2) is 41.8 Å². The van der Waals surface area contributed by atoms with Crippen molar-refractivity contribution in [2.75, 3.05) is 25.0 Å². The van der Waals surface area contributed by atoms with Gasteiger partial charge in [0.2, 0.25) is 10.0 Å². The van der Waals surface area contributed by atoms with Crippen molar-refractivity contribution >= 4 is 33.0 Å². The molecule has 1 heterocycles. The second kappa shape index (κ2) is 7.02.